The van der Waals surface area contributed by atoms with E-state index in [4.69, 9.17) is 10.5 Å². The summed E-state index contributed by atoms with van der Waals surface area (Å²) >= 11 is 0. The van der Waals surface area contributed by atoms with Gasteiger partial charge in [0.05, 0.1) is 7.11 Å². The van der Waals surface area contributed by atoms with Crippen LogP contribution in [0, 0.1) is 5.92 Å². The molecule has 0 atom stereocenters. The lowest BCUT2D eigenvalue weighted by Gasteiger charge is -2.32. The molecule has 2 heterocycles. The summed E-state index contributed by atoms with van der Waals surface area (Å²) in [5.74, 6) is 1.38. The number of piperidine rings is 2. The van der Waals surface area contributed by atoms with Crippen LogP contribution in [0.15, 0.2) is 60.7 Å². The van der Waals surface area contributed by atoms with Crippen LogP contribution in [0.25, 0.3) is 10.8 Å². The van der Waals surface area contributed by atoms with Crippen LogP contribution in [0.3, 0.4) is 0 Å². The molecule has 1 amide bonds. The quantitative estimate of drug-likeness (QED) is 0.479. The van der Waals surface area contributed by atoms with E-state index in [1.165, 1.54) is 34.7 Å². The predicted octanol–water partition coefficient (Wildman–Crippen LogP) is 4.41. The predicted molar refractivity (Wildman–Crippen MR) is 150 cm³/mol. The number of nitrogens with two attached hydrogens (primary N) is 1. The molecule has 0 unspecified atom stereocenters. The summed E-state index contributed by atoms with van der Waals surface area (Å²) in [5.41, 5.74) is 9.26. The van der Waals surface area contributed by atoms with Gasteiger partial charge in [-0.15, -0.1) is 0 Å². The van der Waals surface area contributed by atoms with Crippen molar-refractivity contribution >= 4 is 16.7 Å². The number of methoxy groups -OCH3 is 1. The number of nitrogens with zero attached hydrogens (tertiary/aromatic N) is 2. The average molecular weight is 501 g/mol. The molecule has 2 saturated heterocycles. The van der Waals surface area contributed by atoms with Crippen molar-refractivity contribution in [1.29, 1.82) is 0 Å². The Morgan fingerprint density at radius 2 is 1.49 bits per heavy atom. The molecule has 0 aromatic heterocycles. The maximum absolute atomic E-state index is 12.7. The van der Waals surface area contributed by atoms with Gasteiger partial charge in [-0.25, -0.2) is 0 Å². The molecule has 6 nitrogen and oxygen atoms in total. The Morgan fingerprint density at radius 3 is 2.08 bits per heavy atom. The molecular formula is C31H40N4O2. The van der Waals surface area contributed by atoms with E-state index in [1.807, 2.05) is 18.2 Å². The van der Waals surface area contributed by atoms with Crippen molar-refractivity contribution < 1.29 is 9.53 Å². The number of carbonyl (C=O) groups excluding carboxylic acids is 1. The van der Waals surface area contributed by atoms with Gasteiger partial charge in [-0.3, -0.25) is 14.6 Å². The van der Waals surface area contributed by atoms with E-state index in [-0.39, 0.29) is 11.9 Å². The van der Waals surface area contributed by atoms with Crippen LogP contribution >= 0.6 is 0 Å². The zero-order valence-corrected chi connectivity index (χ0v) is 22.0. The summed E-state index contributed by atoms with van der Waals surface area (Å²) in [6.07, 6.45) is 4.37. The largest absolute Gasteiger partial charge is 0.497 e. The molecule has 3 N–H and O–H groups in total. The average Bonchev–Trinajstić information content (AvgIpc) is 2.94. The van der Waals surface area contributed by atoms with Crippen molar-refractivity contribution in [1.82, 2.24) is 15.1 Å². The highest BCUT2D eigenvalue weighted by atomic mass is 16.5. The zero-order valence-electron chi connectivity index (χ0n) is 22.0. The van der Waals surface area contributed by atoms with Gasteiger partial charge in [0.2, 0.25) is 0 Å². The fourth-order valence-corrected chi connectivity index (χ4v) is 5.71. The van der Waals surface area contributed by atoms with Crippen molar-refractivity contribution in [2.45, 2.75) is 44.8 Å². The number of nitrogens with one attached hydrogen (secondary N) is 1. The molecular weight excluding hydrogens is 460 g/mol. The van der Waals surface area contributed by atoms with Gasteiger partial charge < -0.3 is 15.8 Å². The van der Waals surface area contributed by atoms with Gasteiger partial charge in [-0.05, 0) is 103 Å². The molecule has 6 heteroatoms. The van der Waals surface area contributed by atoms with Crippen LogP contribution in [0.1, 0.15) is 47.2 Å². The van der Waals surface area contributed by atoms with E-state index in [9.17, 15) is 4.79 Å². The third kappa shape index (κ3) is 6.69. The minimum atomic E-state index is -0.0218. The van der Waals surface area contributed by atoms with E-state index >= 15 is 0 Å². The summed E-state index contributed by atoms with van der Waals surface area (Å²) in [6, 6.07) is 21.3. The van der Waals surface area contributed by atoms with E-state index < -0.39 is 0 Å². The highest BCUT2D eigenvalue weighted by molar-refractivity contribution is 5.94. The first-order valence-electron chi connectivity index (χ1n) is 13.7. The Morgan fingerprint density at radius 1 is 0.865 bits per heavy atom. The first-order valence-corrected chi connectivity index (χ1v) is 13.7. The molecule has 196 valence electrons. The van der Waals surface area contributed by atoms with Crippen molar-refractivity contribution in [2.24, 2.45) is 11.7 Å². The molecule has 0 bridgehead atoms. The fourth-order valence-electron chi connectivity index (χ4n) is 5.71. The minimum Gasteiger partial charge on any atom is -0.497 e. The third-order valence-corrected chi connectivity index (χ3v) is 8.08. The lowest BCUT2D eigenvalue weighted by Crippen LogP contribution is -2.44. The summed E-state index contributed by atoms with van der Waals surface area (Å²) in [5, 5.41) is 5.83. The molecule has 0 radical (unpaired) electrons. The fraction of sp³-hybridized carbons (Fsp3) is 0.452. The minimum absolute atomic E-state index is 0.0218. The number of benzene rings is 3. The number of rotatable bonds is 8. The molecule has 2 fully saturated rings. The number of amides is 1. The summed E-state index contributed by atoms with van der Waals surface area (Å²) in [7, 11) is 1.62. The highest BCUT2D eigenvalue weighted by Gasteiger charge is 2.22. The maximum Gasteiger partial charge on any atom is 0.251 e. The van der Waals surface area contributed by atoms with Crippen molar-refractivity contribution in [3.8, 4) is 5.75 Å². The van der Waals surface area contributed by atoms with Gasteiger partial charge in [0, 0.05) is 37.8 Å². The smallest absolute Gasteiger partial charge is 0.251 e. The molecule has 0 saturated carbocycles. The van der Waals surface area contributed by atoms with Crippen LogP contribution in [-0.4, -0.2) is 61.6 Å². The first kappa shape index (κ1) is 25.7. The molecule has 2 aliphatic rings. The molecule has 3 aromatic rings. The van der Waals surface area contributed by atoms with Gasteiger partial charge in [0.1, 0.15) is 5.75 Å². The summed E-state index contributed by atoms with van der Waals surface area (Å²) in [4.78, 5) is 17.7. The second-order valence-corrected chi connectivity index (χ2v) is 10.7. The number of fused-ring (bicyclic) bond motifs is 1. The topological polar surface area (TPSA) is 70.8 Å². The van der Waals surface area contributed by atoms with Crippen molar-refractivity contribution in [2.75, 3.05) is 39.8 Å². The van der Waals surface area contributed by atoms with Crippen molar-refractivity contribution in [3.05, 3.63) is 77.4 Å². The van der Waals surface area contributed by atoms with Gasteiger partial charge in [-0.2, -0.15) is 0 Å². The number of ether oxygens (including phenoxy) is 1. The standard InChI is InChI=1S/C31H40N4O2/c1-37-30-4-2-3-27(19-30)31(36)33-29-11-15-35(16-12-29)22-25-6-8-26-7-5-24(17-28(26)18-25)21-34-13-9-23(20-32)10-14-34/h2-8,17-19,23,29H,9-16,20-22,32H2,1H3,(H,33,36). The molecule has 3 aromatic carbocycles. The van der Waals surface area contributed by atoms with Crippen LogP contribution in [-0.2, 0) is 13.1 Å². The molecule has 0 spiro atoms. The van der Waals surface area contributed by atoms with Crippen LogP contribution in [0.4, 0.5) is 0 Å². The second kappa shape index (κ2) is 12.1. The van der Waals surface area contributed by atoms with Crippen LogP contribution < -0.4 is 15.8 Å². The van der Waals surface area contributed by atoms with Crippen LogP contribution in [0.5, 0.6) is 5.75 Å². The van der Waals surface area contributed by atoms with Gasteiger partial charge in [0.25, 0.3) is 5.91 Å². The monoisotopic (exact) mass is 500 g/mol. The third-order valence-electron chi connectivity index (χ3n) is 8.08. The Kier molecular flexibility index (Phi) is 8.39. The zero-order chi connectivity index (χ0) is 25.6. The normalized spacial score (nSPS) is 18.2. The second-order valence-electron chi connectivity index (χ2n) is 10.7. The number of hydrogen-bond donors (Lipinski definition) is 2. The van der Waals surface area contributed by atoms with Crippen LogP contribution in [0.2, 0.25) is 0 Å². The van der Waals surface area contributed by atoms with E-state index in [1.54, 1.807) is 13.2 Å². The molecule has 2 aliphatic heterocycles. The Bertz CT molecular complexity index is 1200. The highest BCUT2D eigenvalue weighted by Crippen LogP contribution is 2.23. The maximum atomic E-state index is 12.7. The molecule has 0 aliphatic carbocycles. The lowest BCUT2D eigenvalue weighted by molar-refractivity contribution is 0.0908. The van der Waals surface area contributed by atoms with Gasteiger partial charge >= 0.3 is 0 Å². The van der Waals surface area contributed by atoms with E-state index in [0.717, 1.165) is 58.7 Å². The van der Waals surface area contributed by atoms with Gasteiger partial charge in [-0.1, -0.05) is 30.3 Å². The Balaban J connectivity index is 1.13. The van der Waals surface area contributed by atoms with Gasteiger partial charge in [0.15, 0.2) is 0 Å². The lowest BCUT2D eigenvalue weighted by atomic mass is 9.96. The Hall–Kier alpha value is -2.93. The van der Waals surface area contributed by atoms with E-state index in [2.05, 4.69) is 51.5 Å². The number of likely N-dealkylation sites (tertiary alicyclic amines) is 2. The first-order chi connectivity index (χ1) is 18.1. The SMILES string of the molecule is COc1cccc(C(=O)NC2CCN(Cc3ccc4ccc(CN5CCC(CN)CC5)cc4c3)CC2)c1. The number of carbonyl (C=O) groups is 1. The van der Waals surface area contributed by atoms with Crippen molar-refractivity contribution in [3.63, 3.8) is 0 Å². The van der Waals surface area contributed by atoms with E-state index in [0.29, 0.717) is 17.2 Å². The number of hydrogen-bond acceptors (Lipinski definition) is 5. The Labute approximate surface area is 220 Å². The molecule has 5 rings (SSSR count). The summed E-state index contributed by atoms with van der Waals surface area (Å²) < 4.78 is 5.25. The molecule has 37 heavy (non-hydrogen) atoms. The summed E-state index contributed by atoms with van der Waals surface area (Å²) in [6.45, 7) is 7.06.